The van der Waals surface area contributed by atoms with Crippen molar-refractivity contribution in [2.45, 2.75) is 37.6 Å². The van der Waals surface area contributed by atoms with E-state index in [1.165, 1.54) is 6.92 Å². The highest BCUT2D eigenvalue weighted by Crippen LogP contribution is 2.40. The molecule has 0 aromatic heterocycles. The molecule has 1 aliphatic heterocycles. The molecule has 1 aliphatic rings. The molecule has 5 atom stereocenters. The molecule has 0 spiro atoms. The highest BCUT2D eigenvalue weighted by Gasteiger charge is 2.44. The van der Waals surface area contributed by atoms with Crippen LogP contribution in [0.3, 0.4) is 0 Å². The van der Waals surface area contributed by atoms with Gasteiger partial charge in [-0.2, -0.15) is 0 Å². The van der Waals surface area contributed by atoms with E-state index in [4.69, 9.17) is 14.5 Å². The zero-order valence-electron chi connectivity index (χ0n) is 7.79. The third-order valence-electron chi connectivity index (χ3n) is 2.05. The minimum absolute atomic E-state index is 0.903. The van der Waals surface area contributed by atoms with E-state index in [2.05, 4.69) is 4.52 Å². The first-order chi connectivity index (χ1) is 6.72. The van der Waals surface area contributed by atoms with Crippen LogP contribution in [0.15, 0.2) is 0 Å². The Morgan fingerprint density at radius 3 is 2.13 bits per heavy atom. The topological polar surface area (TPSA) is 137 Å². The molecule has 15 heavy (non-hydrogen) atoms. The van der Waals surface area contributed by atoms with Gasteiger partial charge in [-0.25, -0.2) is 4.57 Å². The number of aliphatic hydroxyl groups is 3. The van der Waals surface area contributed by atoms with Crippen molar-refractivity contribution in [3.05, 3.63) is 0 Å². The molecule has 9 heteroatoms. The summed E-state index contributed by atoms with van der Waals surface area (Å²) in [6.07, 6.45) is -7.20. The lowest BCUT2D eigenvalue weighted by atomic mass is 10.0. The van der Waals surface area contributed by atoms with Gasteiger partial charge in [-0.05, 0) is 6.92 Å². The summed E-state index contributed by atoms with van der Waals surface area (Å²) in [5, 5.41) is 27.8. The minimum Gasteiger partial charge on any atom is -0.388 e. The third-order valence-corrected chi connectivity index (χ3v) is 2.53. The first kappa shape index (κ1) is 13.0. The summed E-state index contributed by atoms with van der Waals surface area (Å²) in [7, 11) is -4.82. The van der Waals surface area contributed by atoms with Gasteiger partial charge >= 0.3 is 7.82 Å². The maximum Gasteiger partial charge on any atom is 0.472 e. The van der Waals surface area contributed by atoms with E-state index in [1.807, 2.05) is 0 Å². The maximum atomic E-state index is 10.5. The molecule has 1 fully saturated rings. The van der Waals surface area contributed by atoms with Crippen LogP contribution in [0.1, 0.15) is 6.92 Å². The quantitative estimate of drug-likeness (QED) is 0.349. The van der Waals surface area contributed by atoms with Gasteiger partial charge in [0.05, 0.1) is 6.10 Å². The largest absolute Gasteiger partial charge is 0.472 e. The molecule has 0 aromatic rings. The molecular formula is C6H13O8P. The van der Waals surface area contributed by atoms with E-state index in [-0.39, 0.29) is 0 Å². The Bertz CT molecular complexity index is 264. The van der Waals surface area contributed by atoms with Crippen molar-refractivity contribution in [1.29, 1.82) is 0 Å². The van der Waals surface area contributed by atoms with Gasteiger partial charge < -0.3 is 29.8 Å². The van der Waals surface area contributed by atoms with Crippen LogP contribution in [0.25, 0.3) is 0 Å². The lowest BCUT2D eigenvalue weighted by molar-refractivity contribution is -0.271. The second-order valence-corrected chi connectivity index (χ2v) is 4.47. The number of hydrogen-bond acceptors (Lipinski definition) is 6. The van der Waals surface area contributed by atoms with Crippen LogP contribution in [0.4, 0.5) is 0 Å². The summed E-state index contributed by atoms with van der Waals surface area (Å²) in [6, 6.07) is 0. The first-order valence-corrected chi connectivity index (χ1v) is 5.69. The van der Waals surface area contributed by atoms with E-state index >= 15 is 0 Å². The van der Waals surface area contributed by atoms with Gasteiger partial charge in [0.15, 0.2) is 6.29 Å². The lowest BCUT2D eigenvalue weighted by Crippen LogP contribution is -2.57. The van der Waals surface area contributed by atoms with Crippen LogP contribution in [0, 0.1) is 0 Å². The average molecular weight is 244 g/mol. The summed E-state index contributed by atoms with van der Waals surface area (Å²) < 4.78 is 19.4. The SMILES string of the molecule is CC1O[C@@H](OP(=O)(O)O)C(O)C(O)[C@H]1O. The smallest absolute Gasteiger partial charge is 0.388 e. The van der Waals surface area contributed by atoms with E-state index in [0.29, 0.717) is 0 Å². The molecule has 0 aromatic carbocycles. The van der Waals surface area contributed by atoms with Crippen molar-refractivity contribution in [2.24, 2.45) is 0 Å². The number of rotatable bonds is 2. The van der Waals surface area contributed by atoms with Crippen molar-refractivity contribution in [2.75, 3.05) is 0 Å². The summed E-state index contributed by atoms with van der Waals surface area (Å²) in [4.78, 5) is 17.0. The Hall–Kier alpha value is -0.0500. The first-order valence-electron chi connectivity index (χ1n) is 4.16. The molecule has 0 saturated carbocycles. The van der Waals surface area contributed by atoms with Gasteiger partial charge in [-0.15, -0.1) is 0 Å². The Balaban J connectivity index is 2.71. The van der Waals surface area contributed by atoms with E-state index in [9.17, 15) is 19.9 Å². The molecular weight excluding hydrogens is 231 g/mol. The summed E-state index contributed by atoms with van der Waals surface area (Å²) >= 11 is 0. The molecule has 90 valence electrons. The monoisotopic (exact) mass is 244 g/mol. The zero-order valence-corrected chi connectivity index (χ0v) is 8.69. The standard InChI is InChI=1S/C6H13O8P/c1-2-3(7)4(8)5(9)6(13-2)14-15(10,11)12/h2-9H,1H3,(H2,10,11,12)/t2?,3-,4?,5?,6-/m0/s1. The second kappa shape index (κ2) is 4.44. The minimum atomic E-state index is -4.82. The van der Waals surface area contributed by atoms with Crippen molar-refractivity contribution in [3.63, 3.8) is 0 Å². The number of phosphoric acid groups is 1. The van der Waals surface area contributed by atoms with E-state index in [0.717, 1.165) is 0 Å². The zero-order chi connectivity index (χ0) is 11.8. The summed E-state index contributed by atoms with van der Waals surface area (Å²) in [5.41, 5.74) is 0. The van der Waals surface area contributed by atoms with Gasteiger partial charge in [0, 0.05) is 0 Å². The van der Waals surface area contributed by atoms with Crippen molar-refractivity contribution < 1.29 is 38.9 Å². The fourth-order valence-electron chi connectivity index (χ4n) is 1.24. The Kier molecular flexibility index (Phi) is 3.85. The van der Waals surface area contributed by atoms with E-state index in [1.54, 1.807) is 0 Å². The Morgan fingerprint density at radius 1 is 1.13 bits per heavy atom. The molecule has 5 N–H and O–H groups in total. The third kappa shape index (κ3) is 3.20. The molecule has 3 unspecified atom stereocenters. The van der Waals surface area contributed by atoms with Gasteiger partial charge in [0.2, 0.25) is 0 Å². The molecule has 8 nitrogen and oxygen atoms in total. The average Bonchev–Trinajstić information content (AvgIpc) is 2.08. The van der Waals surface area contributed by atoms with Gasteiger partial charge in [0.1, 0.15) is 18.3 Å². The molecule has 1 rings (SSSR count). The van der Waals surface area contributed by atoms with Gasteiger partial charge in [-0.3, -0.25) is 4.52 Å². The van der Waals surface area contributed by atoms with Crippen LogP contribution in [-0.2, 0) is 13.8 Å². The number of aliphatic hydroxyl groups excluding tert-OH is 3. The molecule has 1 heterocycles. The van der Waals surface area contributed by atoms with Gasteiger partial charge in [-0.1, -0.05) is 0 Å². The number of hydrogen-bond donors (Lipinski definition) is 5. The summed E-state index contributed by atoms with van der Waals surface area (Å²) in [5.74, 6) is 0. The second-order valence-electron chi connectivity index (χ2n) is 3.28. The van der Waals surface area contributed by atoms with Crippen LogP contribution in [0.5, 0.6) is 0 Å². The van der Waals surface area contributed by atoms with Crippen LogP contribution in [0.2, 0.25) is 0 Å². The van der Waals surface area contributed by atoms with Gasteiger partial charge in [0.25, 0.3) is 0 Å². The number of ether oxygens (including phenoxy) is 1. The Morgan fingerprint density at radius 2 is 1.67 bits per heavy atom. The maximum absolute atomic E-state index is 10.5. The molecule has 0 aliphatic carbocycles. The Labute approximate surface area is 85.3 Å². The molecule has 0 amide bonds. The highest BCUT2D eigenvalue weighted by atomic mass is 31.2. The number of phosphoric ester groups is 1. The highest BCUT2D eigenvalue weighted by molar-refractivity contribution is 7.46. The fourth-order valence-corrected chi connectivity index (χ4v) is 1.68. The van der Waals surface area contributed by atoms with Crippen molar-refractivity contribution in [1.82, 2.24) is 0 Å². The van der Waals surface area contributed by atoms with Crippen molar-refractivity contribution in [3.8, 4) is 0 Å². The van der Waals surface area contributed by atoms with E-state index < -0.39 is 38.5 Å². The summed E-state index contributed by atoms with van der Waals surface area (Å²) in [6.45, 7) is 1.37. The predicted octanol–water partition coefficient (Wildman–Crippen LogP) is -2.08. The molecule has 1 saturated heterocycles. The van der Waals surface area contributed by atoms with Crippen LogP contribution < -0.4 is 0 Å². The predicted molar refractivity (Wildman–Crippen MR) is 45.5 cm³/mol. The molecule has 0 bridgehead atoms. The molecule has 0 radical (unpaired) electrons. The lowest BCUT2D eigenvalue weighted by Gasteiger charge is -2.38. The van der Waals surface area contributed by atoms with Crippen LogP contribution >= 0.6 is 7.82 Å². The fraction of sp³-hybridized carbons (Fsp3) is 1.00. The normalized spacial score (nSPS) is 42.9. The van der Waals surface area contributed by atoms with Crippen molar-refractivity contribution >= 4 is 7.82 Å². The van der Waals surface area contributed by atoms with Crippen LogP contribution in [-0.4, -0.2) is 55.8 Å².